The van der Waals surface area contributed by atoms with E-state index in [1.165, 1.54) is 11.3 Å². The molecule has 19 heavy (non-hydrogen) atoms. The number of carboxylic acids is 1. The third-order valence-corrected chi connectivity index (χ3v) is 4.97. The predicted octanol–water partition coefficient (Wildman–Crippen LogP) is 1.21. The number of thiophene rings is 1. The van der Waals surface area contributed by atoms with Crippen LogP contribution in [0.3, 0.4) is 0 Å². The fourth-order valence-corrected chi connectivity index (χ4v) is 3.64. The molecule has 0 radical (unpaired) electrons. The van der Waals surface area contributed by atoms with E-state index in [0.717, 1.165) is 11.1 Å². The Bertz CT molecular complexity index is 675. The largest absolute Gasteiger partial charge is 0.478 e. The van der Waals surface area contributed by atoms with Crippen molar-refractivity contribution < 1.29 is 18.3 Å². The molecule has 2 rings (SSSR count). The van der Waals surface area contributed by atoms with Crippen LogP contribution in [0.1, 0.15) is 28.2 Å². The first-order chi connectivity index (χ1) is 8.92. The third-order valence-electron chi connectivity index (χ3n) is 2.41. The van der Waals surface area contributed by atoms with Crippen LogP contribution in [0.5, 0.6) is 0 Å². The summed E-state index contributed by atoms with van der Waals surface area (Å²) in [7, 11) is -3.96. The van der Waals surface area contributed by atoms with E-state index in [1.54, 1.807) is 13.0 Å². The van der Waals surface area contributed by atoms with Crippen molar-refractivity contribution in [2.75, 3.05) is 0 Å². The number of aromatic nitrogens is 2. The second kappa shape index (κ2) is 5.11. The Morgan fingerprint density at radius 3 is 2.89 bits per heavy atom. The van der Waals surface area contributed by atoms with Crippen molar-refractivity contribution >= 4 is 27.3 Å². The highest BCUT2D eigenvalue weighted by Gasteiger charge is 2.26. The number of hydrogen-bond acceptors (Lipinski definition) is 5. The molecule has 7 nitrogen and oxygen atoms in total. The Hall–Kier alpha value is -1.71. The lowest BCUT2D eigenvalue weighted by Crippen LogP contribution is -2.28. The molecule has 0 bridgehead atoms. The number of H-pyrrole nitrogens is 1. The quantitative estimate of drug-likeness (QED) is 0.768. The van der Waals surface area contributed by atoms with Crippen LogP contribution in [0.2, 0.25) is 0 Å². The molecule has 0 aromatic carbocycles. The van der Waals surface area contributed by atoms with E-state index in [0.29, 0.717) is 0 Å². The highest BCUT2D eigenvalue weighted by atomic mass is 32.2. The molecule has 102 valence electrons. The second-order valence-electron chi connectivity index (χ2n) is 3.78. The lowest BCUT2D eigenvalue weighted by Gasteiger charge is -2.11. The summed E-state index contributed by atoms with van der Waals surface area (Å²) >= 11 is 1.41. The van der Waals surface area contributed by atoms with Gasteiger partial charge in [0, 0.05) is 4.88 Å². The summed E-state index contributed by atoms with van der Waals surface area (Å²) in [5.74, 6) is -1.35. The molecule has 9 heteroatoms. The van der Waals surface area contributed by atoms with Crippen molar-refractivity contribution in [2.45, 2.75) is 18.0 Å². The number of rotatable bonds is 5. The van der Waals surface area contributed by atoms with E-state index in [2.05, 4.69) is 14.9 Å². The molecule has 0 spiro atoms. The summed E-state index contributed by atoms with van der Waals surface area (Å²) in [4.78, 5) is 11.7. The minimum absolute atomic E-state index is 0.383. The molecule has 2 heterocycles. The number of aromatic carboxylic acids is 1. The van der Waals surface area contributed by atoms with E-state index in [-0.39, 0.29) is 5.56 Å². The molecule has 0 aliphatic carbocycles. The molecule has 2 aromatic heterocycles. The second-order valence-corrected chi connectivity index (χ2v) is 6.41. The molecule has 2 aromatic rings. The normalized spacial score (nSPS) is 13.3. The highest BCUT2D eigenvalue weighted by molar-refractivity contribution is 7.89. The minimum atomic E-state index is -3.96. The van der Waals surface area contributed by atoms with Crippen LogP contribution in [0.4, 0.5) is 0 Å². The number of nitrogens with zero attached hydrogens (tertiary/aromatic N) is 1. The van der Waals surface area contributed by atoms with Gasteiger partial charge in [-0.1, -0.05) is 6.07 Å². The lowest BCUT2D eigenvalue weighted by molar-refractivity contribution is 0.0692. The fourth-order valence-electron chi connectivity index (χ4n) is 1.52. The molecule has 0 saturated carbocycles. The SMILES string of the molecule is CC(NS(=O)(=O)c1[nH]ncc1C(=O)O)c1cccs1. The van der Waals surface area contributed by atoms with Gasteiger partial charge in [-0.3, -0.25) is 5.10 Å². The topological polar surface area (TPSA) is 112 Å². The first kappa shape index (κ1) is 13.7. The van der Waals surface area contributed by atoms with Gasteiger partial charge in [0.25, 0.3) is 10.0 Å². The zero-order chi connectivity index (χ0) is 14.0. The molecule has 3 N–H and O–H groups in total. The molecule has 1 atom stereocenters. The smallest absolute Gasteiger partial charge is 0.340 e. The van der Waals surface area contributed by atoms with Crippen molar-refractivity contribution in [1.29, 1.82) is 0 Å². The molecule has 0 fully saturated rings. The molecule has 0 aliphatic rings. The Balaban J connectivity index is 2.28. The van der Waals surface area contributed by atoms with Gasteiger partial charge in [-0.15, -0.1) is 11.3 Å². The van der Waals surface area contributed by atoms with Gasteiger partial charge in [0.05, 0.1) is 12.2 Å². The zero-order valence-corrected chi connectivity index (χ0v) is 11.5. The monoisotopic (exact) mass is 301 g/mol. The van der Waals surface area contributed by atoms with Gasteiger partial charge < -0.3 is 5.11 Å². The average Bonchev–Trinajstić information content (AvgIpc) is 3.00. The van der Waals surface area contributed by atoms with Gasteiger partial charge >= 0.3 is 5.97 Å². The van der Waals surface area contributed by atoms with Gasteiger partial charge in [-0.25, -0.2) is 17.9 Å². The number of aromatic amines is 1. The van der Waals surface area contributed by atoms with Crippen LogP contribution in [0.25, 0.3) is 0 Å². The number of carbonyl (C=O) groups is 1. The predicted molar refractivity (Wildman–Crippen MR) is 68.6 cm³/mol. The molecule has 1 unspecified atom stereocenters. The molecule has 0 saturated heterocycles. The van der Waals surface area contributed by atoms with Crippen LogP contribution in [0.15, 0.2) is 28.7 Å². The van der Waals surface area contributed by atoms with Crippen LogP contribution in [-0.4, -0.2) is 29.7 Å². The Kier molecular flexibility index (Phi) is 3.69. The number of nitrogens with one attached hydrogen (secondary N) is 2. The van der Waals surface area contributed by atoms with Crippen molar-refractivity contribution in [1.82, 2.24) is 14.9 Å². The first-order valence-corrected chi connectivity index (χ1v) is 7.60. The van der Waals surface area contributed by atoms with Gasteiger partial charge in [0.15, 0.2) is 5.03 Å². The van der Waals surface area contributed by atoms with Gasteiger partial charge in [-0.2, -0.15) is 5.10 Å². The molecular weight excluding hydrogens is 290 g/mol. The average molecular weight is 301 g/mol. The van der Waals surface area contributed by atoms with Crippen LogP contribution in [-0.2, 0) is 10.0 Å². The van der Waals surface area contributed by atoms with E-state index in [4.69, 9.17) is 5.11 Å². The standard InChI is InChI=1S/C10H11N3O4S2/c1-6(8-3-2-4-18-8)13-19(16,17)9-7(10(14)15)5-11-12-9/h2-6,13H,1H3,(H,11,12)(H,14,15). The molecule has 0 aliphatic heterocycles. The van der Waals surface area contributed by atoms with Crippen molar-refractivity contribution in [3.8, 4) is 0 Å². The third kappa shape index (κ3) is 2.83. The maximum absolute atomic E-state index is 12.1. The summed E-state index contributed by atoms with van der Waals surface area (Å²) in [6.07, 6.45) is 0.965. The number of carboxylic acid groups (broad SMARTS) is 1. The fraction of sp³-hybridized carbons (Fsp3) is 0.200. The van der Waals surface area contributed by atoms with E-state index in [1.807, 2.05) is 11.4 Å². The number of sulfonamides is 1. The van der Waals surface area contributed by atoms with Crippen LogP contribution in [0, 0.1) is 0 Å². The minimum Gasteiger partial charge on any atom is -0.478 e. The highest BCUT2D eigenvalue weighted by Crippen LogP contribution is 2.21. The van der Waals surface area contributed by atoms with Crippen molar-refractivity contribution in [3.63, 3.8) is 0 Å². The van der Waals surface area contributed by atoms with E-state index in [9.17, 15) is 13.2 Å². The zero-order valence-electron chi connectivity index (χ0n) is 9.82. The number of hydrogen-bond donors (Lipinski definition) is 3. The lowest BCUT2D eigenvalue weighted by atomic mass is 10.3. The summed E-state index contributed by atoms with van der Waals surface area (Å²) in [5, 5.41) is 15.9. The van der Waals surface area contributed by atoms with Crippen LogP contribution < -0.4 is 4.72 Å². The summed E-state index contributed by atoms with van der Waals surface area (Å²) in [6.45, 7) is 1.68. The Morgan fingerprint density at radius 1 is 1.58 bits per heavy atom. The Labute approximate surface area is 113 Å². The van der Waals surface area contributed by atoms with E-state index < -0.39 is 27.1 Å². The van der Waals surface area contributed by atoms with Crippen LogP contribution >= 0.6 is 11.3 Å². The summed E-state index contributed by atoms with van der Waals surface area (Å²) < 4.78 is 26.6. The van der Waals surface area contributed by atoms with Gasteiger partial charge in [0.2, 0.25) is 0 Å². The summed E-state index contributed by atoms with van der Waals surface area (Å²) in [5.41, 5.74) is -0.383. The Morgan fingerprint density at radius 2 is 2.32 bits per heavy atom. The summed E-state index contributed by atoms with van der Waals surface area (Å²) in [6, 6.07) is 3.15. The van der Waals surface area contributed by atoms with Gasteiger partial charge in [0.1, 0.15) is 5.56 Å². The van der Waals surface area contributed by atoms with Crippen molar-refractivity contribution in [2.24, 2.45) is 0 Å². The maximum Gasteiger partial charge on any atom is 0.340 e. The maximum atomic E-state index is 12.1. The first-order valence-electron chi connectivity index (χ1n) is 5.24. The van der Waals surface area contributed by atoms with Crippen molar-refractivity contribution in [3.05, 3.63) is 34.2 Å². The van der Waals surface area contributed by atoms with Gasteiger partial charge in [-0.05, 0) is 18.4 Å². The molecule has 0 amide bonds. The van der Waals surface area contributed by atoms with E-state index >= 15 is 0 Å². The molecular formula is C10H11N3O4S2.